The first-order valence-electron chi connectivity index (χ1n) is 7.70. The zero-order valence-corrected chi connectivity index (χ0v) is 13.1. The Morgan fingerprint density at radius 3 is 2.46 bits per heavy atom. The van der Waals surface area contributed by atoms with Gasteiger partial charge in [-0.2, -0.15) is 0 Å². The third-order valence-electron chi connectivity index (χ3n) is 3.89. The van der Waals surface area contributed by atoms with Crippen molar-refractivity contribution in [1.29, 1.82) is 0 Å². The van der Waals surface area contributed by atoms with Gasteiger partial charge in [-0.15, -0.1) is 0 Å². The van der Waals surface area contributed by atoms with Crippen LogP contribution < -0.4 is 5.73 Å². The molecule has 0 saturated heterocycles. The molecule has 1 atom stereocenters. The number of aromatic amines is 2. The van der Waals surface area contributed by atoms with Gasteiger partial charge in [0.05, 0.1) is 0 Å². The molecule has 0 amide bonds. The molecule has 0 aliphatic rings. The molecule has 0 radical (unpaired) electrons. The van der Waals surface area contributed by atoms with E-state index in [1.54, 1.807) is 0 Å². The van der Waals surface area contributed by atoms with Gasteiger partial charge in [0.2, 0.25) is 0 Å². The van der Waals surface area contributed by atoms with Crippen molar-refractivity contribution in [3.05, 3.63) is 72.6 Å². The molecule has 24 heavy (non-hydrogen) atoms. The number of H-pyrrole nitrogens is 2. The Bertz CT molecular complexity index is 925. The number of carboxylic acids is 1. The molecular formula is C19H19N3O2. The highest BCUT2D eigenvalue weighted by Gasteiger charge is 2.14. The molecule has 5 heteroatoms. The number of nitrogens with two attached hydrogens (primary N) is 1. The van der Waals surface area contributed by atoms with Gasteiger partial charge < -0.3 is 20.8 Å². The standard InChI is InChI=1S/C11H12N2O2.C8H7N/c12-9(11(14)15)5-7-6-13-10-4-2-1-3-8(7)10;1-2-4-8-7(3-1)5-6-9-8/h1-4,6,9,13H,5,12H2,(H,14,15);1-6,9H/t9-;/m1./s1. The Labute approximate surface area is 139 Å². The van der Waals surface area contributed by atoms with Gasteiger partial charge in [-0.1, -0.05) is 36.4 Å². The minimum atomic E-state index is -0.972. The summed E-state index contributed by atoms with van der Waals surface area (Å²) in [5, 5.41) is 11.0. The lowest BCUT2D eigenvalue weighted by atomic mass is 10.1. The van der Waals surface area contributed by atoms with E-state index in [0.717, 1.165) is 16.5 Å². The van der Waals surface area contributed by atoms with Gasteiger partial charge in [-0.3, -0.25) is 4.79 Å². The van der Waals surface area contributed by atoms with Crippen molar-refractivity contribution in [3.63, 3.8) is 0 Å². The van der Waals surface area contributed by atoms with E-state index >= 15 is 0 Å². The molecule has 0 bridgehead atoms. The maximum absolute atomic E-state index is 10.6. The predicted octanol–water partition coefficient (Wildman–Crippen LogP) is 3.29. The van der Waals surface area contributed by atoms with Crippen LogP contribution in [0.25, 0.3) is 21.8 Å². The lowest BCUT2D eigenvalue weighted by Crippen LogP contribution is -2.32. The van der Waals surface area contributed by atoms with Crippen LogP contribution in [-0.4, -0.2) is 27.1 Å². The smallest absolute Gasteiger partial charge is 0.320 e. The monoisotopic (exact) mass is 321 g/mol. The zero-order valence-electron chi connectivity index (χ0n) is 13.1. The lowest BCUT2D eigenvalue weighted by Gasteiger charge is -2.04. The molecule has 0 aliphatic carbocycles. The van der Waals surface area contributed by atoms with Crippen LogP contribution in [0, 0.1) is 0 Å². The summed E-state index contributed by atoms with van der Waals surface area (Å²) in [5.41, 5.74) is 8.64. The van der Waals surface area contributed by atoms with Crippen LogP contribution in [0.2, 0.25) is 0 Å². The van der Waals surface area contributed by atoms with Gasteiger partial charge in [0.1, 0.15) is 6.04 Å². The second-order valence-corrected chi connectivity index (χ2v) is 5.57. The summed E-state index contributed by atoms with van der Waals surface area (Å²) in [5.74, 6) is -0.972. The quantitative estimate of drug-likeness (QED) is 0.466. The van der Waals surface area contributed by atoms with Crippen molar-refractivity contribution in [1.82, 2.24) is 9.97 Å². The van der Waals surface area contributed by atoms with Crippen LogP contribution in [-0.2, 0) is 11.2 Å². The minimum absolute atomic E-state index is 0.347. The molecule has 2 aromatic heterocycles. The van der Waals surface area contributed by atoms with Gasteiger partial charge >= 0.3 is 5.97 Å². The summed E-state index contributed by atoms with van der Waals surface area (Å²) < 4.78 is 0. The number of rotatable bonds is 3. The Kier molecular flexibility index (Phi) is 4.63. The Morgan fingerprint density at radius 2 is 1.71 bits per heavy atom. The molecule has 5 nitrogen and oxygen atoms in total. The fraction of sp³-hybridized carbons (Fsp3) is 0.105. The van der Waals surface area contributed by atoms with Crippen molar-refractivity contribution in [2.24, 2.45) is 5.73 Å². The molecule has 5 N–H and O–H groups in total. The molecule has 2 aromatic carbocycles. The number of benzene rings is 2. The number of fused-ring (bicyclic) bond motifs is 2. The van der Waals surface area contributed by atoms with Gasteiger partial charge in [-0.05, 0) is 29.1 Å². The van der Waals surface area contributed by atoms with Gasteiger partial charge in [-0.25, -0.2) is 0 Å². The second kappa shape index (κ2) is 7.02. The van der Waals surface area contributed by atoms with E-state index in [9.17, 15) is 4.79 Å². The van der Waals surface area contributed by atoms with Crippen molar-refractivity contribution >= 4 is 27.8 Å². The molecule has 4 rings (SSSR count). The number of para-hydroxylation sites is 2. The number of nitrogens with one attached hydrogen (secondary N) is 2. The average Bonchev–Trinajstić information content (AvgIpc) is 3.22. The van der Waals surface area contributed by atoms with E-state index in [0.29, 0.717) is 6.42 Å². The second-order valence-electron chi connectivity index (χ2n) is 5.57. The summed E-state index contributed by atoms with van der Waals surface area (Å²) in [6.07, 6.45) is 4.11. The van der Waals surface area contributed by atoms with Gasteiger partial charge in [0.25, 0.3) is 0 Å². The molecule has 0 spiro atoms. The van der Waals surface area contributed by atoms with E-state index in [-0.39, 0.29) is 0 Å². The highest BCUT2D eigenvalue weighted by Crippen LogP contribution is 2.18. The fourth-order valence-electron chi connectivity index (χ4n) is 2.62. The fourth-order valence-corrected chi connectivity index (χ4v) is 2.62. The first kappa shape index (κ1) is 15.8. The van der Waals surface area contributed by atoms with E-state index in [1.165, 1.54) is 10.9 Å². The molecule has 2 heterocycles. The maximum Gasteiger partial charge on any atom is 0.320 e. The molecule has 0 aliphatic heterocycles. The highest BCUT2D eigenvalue weighted by molar-refractivity contribution is 5.84. The lowest BCUT2D eigenvalue weighted by molar-refractivity contribution is -0.138. The Hall–Kier alpha value is -3.05. The number of carbonyl (C=O) groups is 1. The maximum atomic E-state index is 10.6. The van der Waals surface area contributed by atoms with Crippen LogP contribution >= 0.6 is 0 Å². The highest BCUT2D eigenvalue weighted by atomic mass is 16.4. The largest absolute Gasteiger partial charge is 0.480 e. The summed E-state index contributed by atoms with van der Waals surface area (Å²) in [6.45, 7) is 0. The van der Waals surface area contributed by atoms with E-state index < -0.39 is 12.0 Å². The average molecular weight is 321 g/mol. The number of hydrogen-bond acceptors (Lipinski definition) is 2. The van der Waals surface area contributed by atoms with Crippen molar-refractivity contribution in [2.75, 3.05) is 0 Å². The van der Waals surface area contributed by atoms with Crippen LogP contribution in [0.4, 0.5) is 0 Å². The van der Waals surface area contributed by atoms with Crippen molar-refractivity contribution < 1.29 is 9.90 Å². The number of carboxylic acid groups (broad SMARTS) is 1. The van der Waals surface area contributed by atoms with Gasteiger partial charge in [0.15, 0.2) is 0 Å². The van der Waals surface area contributed by atoms with Crippen LogP contribution in [0.1, 0.15) is 5.56 Å². The molecule has 122 valence electrons. The minimum Gasteiger partial charge on any atom is -0.480 e. The summed E-state index contributed by atoms with van der Waals surface area (Å²) in [7, 11) is 0. The first-order valence-corrected chi connectivity index (χ1v) is 7.70. The molecular weight excluding hydrogens is 302 g/mol. The number of aromatic nitrogens is 2. The third kappa shape index (κ3) is 3.47. The van der Waals surface area contributed by atoms with E-state index in [4.69, 9.17) is 10.8 Å². The molecule has 0 unspecified atom stereocenters. The van der Waals surface area contributed by atoms with Crippen LogP contribution in [0.15, 0.2) is 67.0 Å². The number of hydrogen-bond donors (Lipinski definition) is 4. The molecule has 0 fully saturated rings. The summed E-state index contributed by atoms with van der Waals surface area (Å²) >= 11 is 0. The summed E-state index contributed by atoms with van der Waals surface area (Å²) in [6, 6.07) is 17.2. The van der Waals surface area contributed by atoms with E-state index in [1.807, 2.05) is 48.8 Å². The first-order chi connectivity index (χ1) is 11.6. The van der Waals surface area contributed by atoms with E-state index in [2.05, 4.69) is 28.2 Å². The third-order valence-corrected chi connectivity index (χ3v) is 3.89. The van der Waals surface area contributed by atoms with Crippen molar-refractivity contribution in [3.8, 4) is 0 Å². The number of aliphatic carboxylic acids is 1. The zero-order chi connectivity index (χ0) is 16.9. The Balaban J connectivity index is 0.000000159. The van der Waals surface area contributed by atoms with Crippen LogP contribution in [0.3, 0.4) is 0 Å². The molecule has 4 aromatic rings. The Morgan fingerprint density at radius 1 is 1.00 bits per heavy atom. The van der Waals surface area contributed by atoms with Crippen LogP contribution in [0.5, 0.6) is 0 Å². The summed E-state index contributed by atoms with van der Waals surface area (Å²) in [4.78, 5) is 16.8. The predicted molar refractivity (Wildman–Crippen MR) is 95.9 cm³/mol. The van der Waals surface area contributed by atoms with Crippen molar-refractivity contribution in [2.45, 2.75) is 12.5 Å². The SMILES string of the molecule is N[C@H](Cc1c[nH]c2ccccc12)C(=O)O.c1ccc2[nH]ccc2c1. The van der Waals surface area contributed by atoms with Gasteiger partial charge in [0, 0.05) is 35.2 Å². The molecule has 0 saturated carbocycles. The normalized spacial score (nSPS) is 11.9. The topological polar surface area (TPSA) is 94.9 Å².